The Morgan fingerprint density at radius 2 is 2.06 bits per heavy atom. The minimum Gasteiger partial charge on any atom is -0.471 e. The summed E-state index contributed by atoms with van der Waals surface area (Å²) < 4.78 is 52.9. The molecular weight excluding hydrogens is 465 g/mol. The van der Waals surface area contributed by atoms with E-state index in [1.165, 1.54) is 47.4 Å². The number of hydrogen-bond acceptors (Lipinski definition) is 7. The van der Waals surface area contributed by atoms with Gasteiger partial charge in [-0.05, 0) is 24.6 Å². The normalized spacial score (nSPS) is 15.9. The van der Waals surface area contributed by atoms with E-state index in [1.807, 2.05) is 0 Å². The summed E-state index contributed by atoms with van der Waals surface area (Å²) in [6, 6.07) is 6.64. The average Bonchev–Trinajstić information content (AvgIpc) is 3.49. The van der Waals surface area contributed by atoms with Crippen LogP contribution in [0.2, 0.25) is 0 Å². The zero-order valence-corrected chi connectivity index (χ0v) is 18.4. The molecule has 0 unspecified atom stereocenters. The van der Waals surface area contributed by atoms with E-state index in [0.717, 1.165) is 12.5 Å². The van der Waals surface area contributed by atoms with Crippen LogP contribution in [0.15, 0.2) is 48.9 Å². The third kappa shape index (κ3) is 4.64. The van der Waals surface area contributed by atoms with E-state index in [-0.39, 0.29) is 34.8 Å². The van der Waals surface area contributed by atoms with Gasteiger partial charge in [-0.25, -0.2) is 9.50 Å². The van der Waals surface area contributed by atoms with E-state index >= 15 is 0 Å². The van der Waals surface area contributed by atoms with Crippen LogP contribution in [-0.2, 0) is 10.9 Å². The van der Waals surface area contributed by atoms with Crippen molar-refractivity contribution in [3.63, 3.8) is 0 Å². The maximum atomic E-state index is 13.6. The van der Waals surface area contributed by atoms with Gasteiger partial charge in [0.15, 0.2) is 17.2 Å². The Bertz CT molecular complexity index is 1400. The maximum Gasteiger partial charge on any atom is 0.417 e. The van der Waals surface area contributed by atoms with Crippen LogP contribution in [0.1, 0.15) is 28.0 Å². The summed E-state index contributed by atoms with van der Waals surface area (Å²) in [4.78, 5) is 25.5. The van der Waals surface area contributed by atoms with Gasteiger partial charge in [-0.15, -0.1) is 0 Å². The van der Waals surface area contributed by atoms with Gasteiger partial charge in [0.25, 0.3) is 5.91 Å². The Balaban J connectivity index is 1.46. The summed E-state index contributed by atoms with van der Waals surface area (Å²) >= 11 is 0. The molecule has 1 aliphatic heterocycles. The number of alkyl halides is 3. The number of ether oxygens (including phenoxy) is 2. The van der Waals surface area contributed by atoms with Crippen molar-refractivity contribution in [1.82, 2.24) is 24.6 Å². The van der Waals surface area contributed by atoms with Gasteiger partial charge in [0.05, 0.1) is 43.1 Å². The molecule has 1 atom stereocenters. The van der Waals surface area contributed by atoms with Crippen molar-refractivity contribution in [2.75, 3.05) is 18.5 Å². The van der Waals surface area contributed by atoms with Gasteiger partial charge in [-0.3, -0.25) is 9.78 Å². The van der Waals surface area contributed by atoms with E-state index in [1.54, 1.807) is 6.92 Å². The van der Waals surface area contributed by atoms with Crippen molar-refractivity contribution >= 4 is 17.4 Å². The second kappa shape index (κ2) is 8.95. The molecule has 35 heavy (non-hydrogen) atoms. The van der Waals surface area contributed by atoms with Crippen molar-refractivity contribution in [2.45, 2.75) is 25.6 Å². The number of amides is 1. The fourth-order valence-electron chi connectivity index (χ4n) is 3.78. The predicted octanol–water partition coefficient (Wildman–Crippen LogP) is 3.93. The molecule has 0 bridgehead atoms. The van der Waals surface area contributed by atoms with Crippen LogP contribution >= 0.6 is 0 Å². The largest absolute Gasteiger partial charge is 0.471 e. The molecule has 4 aromatic rings. The number of nitrogens with zero attached hydrogens (tertiary/aromatic N) is 5. The fourth-order valence-corrected chi connectivity index (χ4v) is 3.78. The second-order valence-corrected chi connectivity index (χ2v) is 7.93. The lowest BCUT2D eigenvalue weighted by Crippen LogP contribution is -2.19. The van der Waals surface area contributed by atoms with E-state index in [9.17, 15) is 18.0 Å². The molecular formula is C23H19F3N6O3. The number of carbonyl (C=O) groups excluding carboxylic acids is 1. The maximum absolute atomic E-state index is 13.6. The number of imidazole rings is 1. The van der Waals surface area contributed by atoms with E-state index in [2.05, 4.69) is 25.4 Å². The van der Waals surface area contributed by atoms with Gasteiger partial charge in [0, 0.05) is 12.0 Å². The summed E-state index contributed by atoms with van der Waals surface area (Å²) in [6.45, 7) is 2.74. The predicted molar refractivity (Wildman–Crippen MR) is 118 cm³/mol. The first-order valence-electron chi connectivity index (χ1n) is 10.7. The highest BCUT2D eigenvalue weighted by molar-refractivity contribution is 6.02. The number of aromatic nitrogens is 5. The average molecular weight is 484 g/mol. The number of hydrogen-bond donors (Lipinski definition) is 1. The van der Waals surface area contributed by atoms with Gasteiger partial charge in [0.2, 0.25) is 5.88 Å². The SMILES string of the molecule is Cc1cc(-c2ccccc2C(F)(F)F)nn2c(C(=O)Nc3cncc(O[C@H]4CCOC4)n3)cnc12. The summed E-state index contributed by atoms with van der Waals surface area (Å²) in [6.07, 6.45) is 0.102. The lowest BCUT2D eigenvalue weighted by Gasteiger charge is -2.13. The molecule has 5 rings (SSSR count). The molecule has 1 saturated heterocycles. The molecule has 3 aromatic heterocycles. The summed E-state index contributed by atoms with van der Waals surface area (Å²) in [5, 5.41) is 6.92. The van der Waals surface area contributed by atoms with Crippen molar-refractivity contribution in [1.29, 1.82) is 0 Å². The molecule has 0 saturated carbocycles. The molecule has 1 amide bonds. The van der Waals surface area contributed by atoms with E-state index in [0.29, 0.717) is 24.4 Å². The first kappa shape index (κ1) is 22.7. The number of rotatable bonds is 5. The Labute approximate surface area is 196 Å². The molecule has 180 valence electrons. The Morgan fingerprint density at radius 3 is 2.83 bits per heavy atom. The molecule has 0 aliphatic carbocycles. The summed E-state index contributed by atoms with van der Waals surface area (Å²) in [7, 11) is 0. The summed E-state index contributed by atoms with van der Waals surface area (Å²) in [5.74, 6) is -0.241. The summed E-state index contributed by atoms with van der Waals surface area (Å²) in [5.41, 5.74) is 0.0530. The topological polar surface area (TPSA) is 104 Å². The minimum atomic E-state index is -4.56. The van der Waals surface area contributed by atoms with Crippen LogP contribution in [0.25, 0.3) is 16.9 Å². The van der Waals surface area contributed by atoms with Crippen molar-refractivity contribution < 1.29 is 27.4 Å². The molecule has 9 nitrogen and oxygen atoms in total. The minimum absolute atomic E-state index is 0.0201. The lowest BCUT2D eigenvalue weighted by molar-refractivity contribution is -0.137. The quantitative estimate of drug-likeness (QED) is 0.458. The van der Waals surface area contributed by atoms with Gasteiger partial charge in [0.1, 0.15) is 6.10 Å². The third-order valence-corrected chi connectivity index (χ3v) is 5.42. The zero-order valence-electron chi connectivity index (χ0n) is 18.4. The molecule has 4 heterocycles. The van der Waals surface area contributed by atoms with Crippen LogP contribution in [0.5, 0.6) is 5.88 Å². The van der Waals surface area contributed by atoms with Crippen LogP contribution in [0, 0.1) is 6.92 Å². The zero-order chi connectivity index (χ0) is 24.6. The molecule has 1 N–H and O–H groups in total. The fraction of sp³-hybridized carbons (Fsp3) is 0.261. The second-order valence-electron chi connectivity index (χ2n) is 7.93. The number of fused-ring (bicyclic) bond motifs is 1. The van der Waals surface area contributed by atoms with Crippen molar-refractivity contribution in [3.8, 4) is 17.1 Å². The molecule has 0 radical (unpaired) electrons. The third-order valence-electron chi connectivity index (χ3n) is 5.42. The van der Waals surface area contributed by atoms with Crippen LogP contribution in [-0.4, -0.2) is 49.8 Å². The van der Waals surface area contributed by atoms with Gasteiger partial charge < -0.3 is 14.8 Å². The number of nitrogens with one attached hydrogen (secondary N) is 1. The number of halogens is 3. The van der Waals surface area contributed by atoms with E-state index < -0.39 is 17.6 Å². The Hall–Kier alpha value is -4.06. The first-order valence-corrected chi connectivity index (χ1v) is 10.7. The highest BCUT2D eigenvalue weighted by atomic mass is 19.4. The van der Waals surface area contributed by atoms with Gasteiger partial charge in [-0.2, -0.15) is 23.3 Å². The lowest BCUT2D eigenvalue weighted by atomic mass is 10.0. The Morgan fingerprint density at radius 1 is 1.23 bits per heavy atom. The number of benzene rings is 1. The molecule has 0 spiro atoms. The number of aryl methyl sites for hydroxylation is 1. The van der Waals surface area contributed by atoms with Crippen molar-refractivity contribution in [3.05, 3.63) is 65.7 Å². The molecule has 1 aliphatic rings. The molecule has 12 heteroatoms. The highest BCUT2D eigenvalue weighted by Crippen LogP contribution is 2.36. The van der Waals surface area contributed by atoms with Crippen LogP contribution in [0.4, 0.5) is 19.0 Å². The number of anilines is 1. The molecule has 1 aromatic carbocycles. The number of carbonyl (C=O) groups is 1. The highest BCUT2D eigenvalue weighted by Gasteiger charge is 2.34. The van der Waals surface area contributed by atoms with Crippen LogP contribution in [0.3, 0.4) is 0 Å². The monoisotopic (exact) mass is 484 g/mol. The molecule has 1 fully saturated rings. The van der Waals surface area contributed by atoms with Gasteiger partial charge in [-0.1, -0.05) is 18.2 Å². The van der Waals surface area contributed by atoms with E-state index in [4.69, 9.17) is 9.47 Å². The van der Waals surface area contributed by atoms with Gasteiger partial charge >= 0.3 is 6.18 Å². The standard InChI is InChI=1S/C23H19F3N6O3/c1-13-8-17(15-4-2-3-5-16(15)23(24,25)26)31-32-18(9-28-21(13)32)22(33)30-19-10-27-11-20(29-19)35-14-6-7-34-12-14/h2-5,8-11,14H,6-7,12H2,1H3,(H,29,30,33)/t14-/m0/s1. The first-order chi connectivity index (χ1) is 16.8. The van der Waals surface area contributed by atoms with Crippen molar-refractivity contribution in [2.24, 2.45) is 0 Å². The van der Waals surface area contributed by atoms with Crippen LogP contribution < -0.4 is 10.1 Å². The Kier molecular flexibility index (Phi) is 5.81. The smallest absolute Gasteiger partial charge is 0.417 e.